The molecule has 0 radical (unpaired) electrons. The number of carbonyl (C=O) groups excluding carboxylic acids is 2. The normalized spacial score (nSPS) is 19.0. The van der Waals surface area contributed by atoms with Crippen LogP contribution in [-0.2, 0) is 16.0 Å². The number of rotatable bonds is 5. The highest BCUT2D eigenvalue weighted by Crippen LogP contribution is 2.41. The number of ketones is 1. The van der Waals surface area contributed by atoms with Crippen LogP contribution >= 0.6 is 0 Å². The quantitative estimate of drug-likeness (QED) is 0.370. The number of hydrogen-bond donors (Lipinski definition) is 1. The number of aliphatic hydroxyl groups excluding tert-OH is 1. The van der Waals surface area contributed by atoms with Gasteiger partial charge in [0, 0.05) is 24.5 Å². The monoisotopic (exact) mass is 442 g/mol. The maximum absolute atomic E-state index is 13.1. The molecule has 7 heteroatoms. The van der Waals surface area contributed by atoms with Gasteiger partial charge in [-0.1, -0.05) is 30.3 Å². The summed E-state index contributed by atoms with van der Waals surface area (Å²) < 4.78 is 11.2. The molecule has 3 heterocycles. The van der Waals surface area contributed by atoms with Gasteiger partial charge >= 0.3 is 0 Å². The van der Waals surface area contributed by atoms with E-state index in [1.807, 2.05) is 30.3 Å². The fraction of sp³-hybridized carbons (Fsp3) is 0.192. The number of pyridine rings is 1. The Balaban J connectivity index is 1.56. The molecule has 1 N–H and O–H groups in total. The van der Waals surface area contributed by atoms with Crippen molar-refractivity contribution in [3.8, 4) is 11.5 Å². The van der Waals surface area contributed by atoms with Crippen LogP contribution in [0.5, 0.6) is 11.5 Å². The SMILES string of the molecule is O=C1C(=O)N(CCc2ccccc2)[C@@H](c2ccncc2)C1=C(O)c1ccc2c(c1)OCCO2. The van der Waals surface area contributed by atoms with Crippen molar-refractivity contribution in [1.82, 2.24) is 9.88 Å². The van der Waals surface area contributed by atoms with Crippen LogP contribution in [0.15, 0.2) is 78.6 Å². The first-order chi connectivity index (χ1) is 16.1. The highest BCUT2D eigenvalue weighted by Gasteiger charge is 2.45. The van der Waals surface area contributed by atoms with Crippen molar-refractivity contribution >= 4 is 17.4 Å². The van der Waals surface area contributed by atoms with Crippen LogP contribution in [-0.4, -0.2) is 46.4 Å². The molecule has 1 fully saturated rings. The lowest BCUT2D eigenvalue weighted by molar-refractivity contribution is -0.139. The van der Waals surface area contributed by atoms with Gasteiger partial charge in [0.2, 0.25) is 0 Å². The highest BCUT2D eigenvalue weighted by molar-refractivity contribution is 6.46. The maximum Gasteiger partial charge on any atom is 0.295 e. The molecule has 0 aliphatic carbocycles. The van der Waals surface area contributed by atoms with Crippen LogP contribution in [0.1, 0.15) is 22.7 Å². The van der Waals surface area contributed by atoms with E-state index in [-0.39, 0.29) is 11.3 Å². The zero-order chi connectivity index (χ0) is 22.8. The summed E-state index contributed by atoms with van der Waals surface area (Å²) in [5.41, 5.74) is 2.20. The van der Waals surface area contributed by atoms with Gasteiger partial charge in [0.15, 0.2) is 11.5 Å². The summed E-state index contributed by atoms with van der Waals surface area (Å²) in [5, 5.41) is 11.2. The van der Waals surface area contributed by atoms with E-state index in [1.54, 1.807) is 42.7 Å². The van der Waals surface area contributed by atoms with E-state index in [1.165, 1.54) is 4.90 Å². The minimum absolute atomic E-state index is 0.0518. The van der Waals surface area contributed by atoms with Gasteiger partial charge in [0.25, 0.3) is 11.7 Å². The molecule has 0 spiro atoms. The Hall–Kier alpha value is -4.13. The van der Waals surface area contributed by atoms with E-state index in [0.29, 0.717) is 48.8 Å². The number of hydrogen-bond acceptors (Lipinski definition) is 6. The molecule has 7 nitrogen and oxygen atoms in total. The van der Waals surface area contributed by atoms with Gasteiger partial charge < -0.3 is 19.5 Å². The van der Waals surface area contributed by atoms with Crippen molar-refractivity contribution in [2.75, 3.05) is 19.8 Å². The van der Waals surface area contributed by atoms with E-state index in [0.717, 1.165) is 5.56 Å². The third kappa shape index (κ3) is 3.93. The van der Waals surface area contributed by atoms with E-state index in [2.05, 4.69) is 4.98 Å². The zero-order valence-corrected chi connectivity index (χ0v) is 17.8. The molecule has 2 aliphatic heterocycles. The number of amides is 1. The molecule has 2 aliphatic rings. The predicted molar refractivity (Wildman–Crippen MR) is 121 cm³/mol. The first-order valence-corrected chi connectivity index (χ1v) is 10.8. The number of aromatic nitrogens is 1. The van der Waals surface area contributed by atoms with Crippen LogP contribution in [0.4, 0.5) is 0 Å². The van der Waals surface area contributed by atoms with Crippen molar-refractivity contribution in [3.05, 3.63) is 95.3 Å². The number of carbonyl (C=O) groups is 2. The molecule has 1 amide bonds. The fourth-order valence-corrected chi connectivity index (χ4v) is 4.24. The average molecular weight is 442 g/mol. The molecule has 0 unspecified atom stereocenters. The largest absolute Gasteiger partial charge is 0.507 e. The molecule has 1 atom stereocenters. The third-order valence-corrected chi connectivity index (χ3v) is 5.86. The summed E-state index contributed by atoms with van der Waals surface area (Å²) >= 11 is 0. The summed E-state index contributed by atoms with van der Waals surface area (Å²) in [6.45, 7) is 1.19. The number of fused-ring (bicyclic) bond motifs is 1. The smallest absolute Gasteiger partial charge is 0.295 e. The van der Waals surface area contributed by atoms with Crippen molar-refractivity contribution < 1.29 is 24.2 Å². The van der Waals surface area contributed by atoms with Crippen LogP contribution in [0.25, 0.3) is 5.76 Å². The number of nitrogens with zero attached hydrogens (tertiary/aromatic N) is 2. The molecule has 33 heavy (non-hydrogen) atoms. The van der Waals surface area contributed by atoms with Gasteiger partial charge in [0.1, 0.15) is 19.0 Å². The Morgan fingerprint density at radius 2 is 1.70 bits per heavy atom. The number of ether oxygens (including phenoxy) is 2. The minimum atomic E-state index is -0.718. The van der Waals surface area contributed by atoms with Gasteiger partial charge in [-0.3, -0.25) is 14.6 Å². The number of aliphatic hydroxyl groups is 1. The second kappa shape index (κ2) is 8.78. The van der Waals surface area contributed by atoms with Gasteiger partial charge in [-0.05, 0) is 47.9 Å². The molecule has 3 aromatic rings. The van der Waals surface area contributed by atoms with Crippen molar-refractivity contribution in [3.63, 3.8) is 0 Å². The number of benzene rings is 2. The maximum atomic E-state index is 13.1. The summed E-state index contributed by atoms with van der Waals surface area (Å²) in [6, 6.07) is 17.5. The summed E-state index contributed by atoms with van der Waals surface area (Å²) in [5.74, 6) is -0.519. The number of Topliss-reactive ketones (excluding diaryl/α,β-unsaturated/α-hetero) is 1. The van der Waals surface area contributed by atoms with E-state index >= 15 is 0 Å². The Morgan fingerprint density at radius 3 is 2.45 bits per heavy atom. The standard InChI is InChI=1S/C26H22N2O5/c29-24(19-6-7-20-21(16-19)33-15-14-32-20)22-23(18-8-11-27-12-9-18)28(26(31)25(22)30)13-10-17-4-2-1-3-5-17/h1-9,11-12,16,23,29H,10,13-15H2/t23-/m0/s1. The summed E-state index contributed by atoms with van der Waals surface area (Å²) in [7, 11) is 0. The second-order valence-electron chi connectivity index (χ2n) is 7.87. The Bertz CT molecular complexity index is 1220. The first kappa shape index (κ1) is 20.8. The molecule has 5 rings (SSSR count). The highest BCUT2D eigenvalue weighted by atomic mass is 16.6. The van der Waals surface area contributed by atoms with Crippen molar-refractivity contribution in [2.45, 2.75) is 12.5 Å². The van der Waals surface area contributed by atoms with Gasteiger partial charge in [-0.15, -0.1) is 0 Å². The van der Waals surface area contributed by atoms with E-state index in [9.17, 15) is 14.7 Å². The lowest BCUT2D eigenvalue weighted by atomic mass is 9.95. The Kier molecular flexibility index (Phi) is 5.52. The Labute approximate surface area is 190 Å². The lowest BCUT2D eigenvalue weighted by Crippen LogP contribution is -2.31. The van der Waals surface area contributed by atoms with Gasteiger partial charge in [0.05, 0.1) is 11.6 Å². The molecule has 0 saturated carbocycles. The average Bonchev–Trinajstić information content (AvgIpc) is 3.12. The molecule has 1 saturated heterocycles. The predicted octanol–water partition coefficient (Wildman–Crippen LogP) is 3.52. The molecule has 2 aromatic carbocycles. The molecule has 0 bridgehead atoms. The van der Waals surface area contributed by atoms with Gasteiger partial charge in [-0.25, -0.2) is 0 Å². The molecule has 1 aromatic heterocycles. The minimum Gasteiger partial charge on any atom is -0.507 e. The fourth-order valence-electron chi connectivity index (χ4n) is 4.24. The van der Waals surface area contributed by atoms with Gasteiger partial charge in [-0.2, -0.15) is 0 Å². The topological polar surface area (TPSA) is 89.0 Å². The van der Waals surface area contributed by atoms with Crippen LogP contribution in [0.2, 0.25) is 0 Å². The number of likely N-dealkylation sites (tertiary alicyclic amines) is 1. The molecular weight excluding hydrogens is 420 g/mol. The second-order valence-corrected chi connectivity index (χ2v) is 7.87. The molecular formula is C26H22N2O5. The Morgan fingerprint density at radius 1 is 0.970 bits per heavy atom. The van der Waals surface area contributed by atoms with Crippen molar-refractivity contribution in [2.24, 2.45) is 0 Å². The zero-order valence-electron chi connectivity index (χ0n) is 17.8. The summed E-state index contributed by atoms with van der Waals surface area (Å²) in [4.78, 5) is 31.8. The van der Waals surface area contributed by atoms with E-state index < -0.39 is 17.7 Å². The van der Waals surface area contributed by atoms with Crippen LogP contribution in [0, 0.1) is 0 Å². The van der Waals surface area contributed by atoms with Crippen molar-refractivity contribution in [1.29, 1.82) is 0 Å². The van der Waals surface area contributed by atoms with E-state index in [4.69, 9.17) is 9.47 Å². The van der Waals surface area contributed by atoms with Crippen LogP contribution in [0.3, 0.4) is 0 Å². The lowest BCUT2D eigenvalue weighted by Gasteiger charge is -2.25. The third-order valence-electron chi connectivity index (χ3n) is 5.86. The molecule has 166 valence electrons. The summed E-state index contributed by atoms with van der Waals surface area (Å²) in [6.07, 6.45) is 3.80. The van der Waals surface area contributed by atoms with Crippen LogP contribution < -0.4 is 9.47 Å². The first-order valence-electron chi connectivity index (χ1n) is 10.8.